The summed E-state index contributed by atoms with van der Waals surface area (Å²) in [6, 6.07) is 0. The van der Waals surface area contributed by atoms with Gasteiger partial charge in [-0.05, 0) is 24.7 Å². The molecule has 0 aliphatic heterocycles. The zero-order chi connectivity index (χ0) is 17.3. The van der Waals surface area contributed by atoms with Crippen LogP contribution >= 0.6 is 0 Å². The Labute approximate surface area is 144 Å². The smallest absolute Gasteiger partial charge is 0.143 e. The molecule has 0 aromatic heterocycles. The van der Waals surface area contributed by atoms with Gasteiger partial charge in [0.1, 0.15) is 5.78 Å². The number of hydrogen-bond acceptors (Lipinski definition) is 1. The molecule has 0 radical (unpaired) electrons. The summed E-state index contributed by atoms with van der Waals surface area (Å²) in [5, 5.41) is 0. The van der Waals surface area contributed by atoms with Crippen LogP contribution in [-0.2, 0) is 4.79 Å². The molecule has 1 aliphatic rings. The molecule has 1 heteroatoms. The van der Waals surface area contributed by atoms with E-state index in [1.807, 2.05) is 0 Å². The fourth-order valence-electron chi connectivity index (χ4n) is 3.58. The van der Waals surface area contributed by atoms with E-state index in [2.05, 4.69) is 52.8 Å². The molecule has 0 fully saturated rings. The maximum Gasteiger partial charge on any atom is 0.143 e. The predicted molar refractivity (Wildman–Crippen MR) is 102 cm³/mol. The Bertz CT molecular complexity index is 414. The first-order chi connectivity index (χ1) is 10.9. The molecule has 1 rings (SSSR count). The Morgan fingerprint density at radius 3 is 2.22 bits per heavy atom. The third-order valence-corrected chi connectivity index (χ3v) is 5.50. The van der Waals surface area contributed by atoms with Gasteiger partial charge in [-0.1, -0.05) is 96.9 Å². The van der Waals surface area contributed by atoms with Crippen molar-refractivity contribution >= 4 is 5.78 Å². The lowest BCUT2D eigenvalue weighted by molar-refractivity contribution is -0.128. The Morgan fingerprint density at radius 1 is 1.04 bits per heavy atom. The second kappa shape index (κ2) is 10.1. The predicted octanol–water partition coefficient (Wildman–Crippen LogP) is 6.88. The highest BCUT2D eigenvalue weighted by Gasteiger charge is 2.40. The minimum absolute atomic E-state index is 0.253. The van der Waals surface area contributed by atoms with Crippen LogP contribution in [0.5, 0.6) is 0 Å². The third kappa shape index (κ3) is 5.94. The first-order valence-corrected chi connectivity index (χ1v) is 9.85. The van der Waals surface area contributed by atoms with Crippen molar-refractivity contribution in [1.29, 1.82) is 0 Å². The van der Waals surface area contributed by atoms with Crippen LogP contribution in [0.4, 0.5) is 0 Å². The zero-order valence-corrected chi connectivity index (χ0v) is 16.2. The van der Waals surface area contributed by atoms with E-state index in [0.717, 1.165) is 19.3 Å². The van der Waals surface area contributed by atoms with Gasteiger partial charge in [-0.15, -0.1) is 0 Å². The summed E-state index contributed by atoms with van der Waals surface area (Å²) < 4.78 is 0. The lowest BCUT2D eigenvalue weighted by Gasteiger charge is -2.37. The first kappa shape index (κ1) is 20.2. The molecule has 0 spiro atoms. The van der Waals surface area contributed by atoms with Gasteiger partial charge in [-0.2, -0.15) is 0 Å². The Hall–Kier alpha value is -0.850. The molecule has 0 saturated heterocycles. The van der Waals surface area contributed by atoms with Crippen molar-refractivity contribution in [3.8, 4) is 0 Å². The molecule has 1 unspecified atom stereocenters. The second-order valence-electron chi connectivity index (χ2n) is 7.92. The third-order valence-electron chi connectivity index (χ3n) is 5.50. The highest BCUT2D eigenvalue weighted by Crippen LogP contribution is 2.42. The second-order valence-corrected chi connectivity index (χ2v) is 7.92. The van der Waals surface area contributed by atoms with Gasteiger partial charge >= 0.3 is 0 Å². The lowest BCUT2D eigenvalue weighted by Crippen LogP contribution is -2.36. The normalized spacial score (nSPS) is 21.1. The van der Waals surface area contributed by atoms with Crippen LogP contribution < -0.4 is 0 Å². The summed E-state index contributed by atoms with van der Waals surface area (Å²) in [5.74, 6) is 1.37. The molecule has 0 N–H and O–H groups in total. The van der Waals surface area contributed by atoms with E-state index < -0.39 is 0 Å². The first-order valence-electron chi connectivity index (χ1n) is 9.85. The van der Waals surface area contributed by atoms with Crippen molar-refractivity contribution in [2.24, 2.45) is 17.3 Å². The average Bonchev–Trinajstić information content (AvgIpc) is 2.53. The lowest BCUT2D eigenvalue weighted by atomic mass is 9.65. The average molecular weight is 319 g/mol. The van der Waals surface area contributed by atoms with Crippen molar-refractivity contribution in [2.45, 2.75) is 92.4 Å². The van der Waals surface area contributed by atoms with Crippen molar-refractivity contribution in [3.05, 3.63) is 23.8 Å². The monoisotopic (exact) mass is 318 g/mol. The topological polar surface area (TPSA) is 17.1 Å². The van der Waals surface area contributed by atoms with Crippen LogP contribution in [0.2, 0.25) is 0 Å². The van der Waals surface area contributed by atoms with E-state index in [9.17, 15) is 4.79 Å². The summed E-state index contributed by atoms with van der Waals surface area (Å²) in [4.78, 5) is 13.0. The molecule has 0 saturated carbocycles. The summed E-state index contributed by atoms with van der Waals surface area (Å²) in [7, 11) is 0. The minimum atomic E-state index is -0.253. The van der Waals surface area contributed by atoms with E-state index in [1.165, 1.54) is 44.1 Å². The number of rotatable bonds is 11. The number of unbranched alkanes of at least 4 members (excludes halogenated alkanes) is 6. The highest BCUT2D eigenvalue weighted by molar-refractivity contribution is 5.87. The van der Waals surface area contributed by atoms with Crippen molar-refractivity contribution < 1.29 is 4.79 Å². The van der Waals surface area contributed by atoms with E-state index >= 15 is 0 Å². The van der Waals surface area contributed by atoms with Gasteiger partial charge in [0.2, 0.25) is 0 Å². The SMILES string of the molecule is CCCCCCCCCC(=O)C1(C(C)C)C=CC=C(C(C)C)C1. The van der Waals surface area contributed by atoms with Crippen molar-refractivity contribution in [2.75, 3.05) is 0 Å². The van der Waals surface area contributed by atoms with Crippen LogP contribution in [0.25, 0.3) is 0 Å². The van der Waals surface area contributed by atoms with Gasteiger partial charge in [-0.3, -0.25) is 4.79 Å². The summed E-state index contributed by atoms with van der Waals surface area (Å²) in [6.45, 7) is 11.1. The summed E-state index contributed by atoms with van der Waals surface area (Å²) in [6.07, 6.45) is 17.1. The van der Waals surface area contributed by atoms with E-state index in [-0.39, 0.29) is 5.41 Å². The Balaban J connectivity index is 2.50. The fraction of sp³-hybridized carbons (Fsp3) is 0.773. The van der Waals surface area contributed by atoms with E-state index in [4.69, 9.17) is 0 Å². The van der Waals surface area contributed by atoms with Gasteiger partial charge in [0.25, 0.3) is 0 Å². The van der Waals surface area contributed by atoms with Crippen LogP contribution in [0.1, 0.15) is 92.4 Å². The van der Waals surface area contributed by atoms with Gasteiger partial charge in [0, 0.05) is 6.42 Å². The van der Waals surface area contributed by atoms with Gasteiger partial charge in [-0.25, -0.2) is 0 Å². The van der Waals surface area contributed by atoms with Gasteiger partial charge < -0.3 is 0 Å². The summed E-state index contributed by atoms with van der Waals surface area (Å²) in [5.41, 5.74) is 1.17. The molecule has 1 nitrogen and oxygen atoms in total. The van der Waals surface area contributed by atoms with Crippen molar-refractivity contribution in [1.82, 2.24) is 0 Å². The fourth-order valence-corrected chi connectivity index (χ4v) is 3.58. The largest absolute Gasteiger partial charge is 0.299 e. The van der Waals surface area contributed by atoms with Crippen LogP contribution in [0, 0.1) is 17.3 Å². The van der Waals surface area contributed by atoms with Gasteiger partial charge in [0.15, 0.2) is 0 Å². The standard InChI is InChI=1S/C22H38O/c1-6-7-8-9-10-11-12-15-21(23)22(19(4)5)16-13-14-20(17-22)18(2)3/h13-14,16,18-19H,6-12,15,17H2,1-5H3. The van der Waals surface area contributed by atoms with E-state index in [1.54, 1.807) is 0 Å². The maximum atomic E-state index is 13.0. The highest BCUT2D eigenvalue weighted by atomic mass is 16.1. The molecular weight excluding hydrogens is 280 g/mol. The number of ketones is 1. The Morgan fingerprint density at radius 2 is 1.65 bits per heavy atom. The number of Topliss-reactive ketones (excluding diaryl/α,β-unsaturated/α-hetero) is 1. The number of carbonyl (C=O) groups is 1. The minimum Gasteiger partial charge on any atom is -0.299 e. The molecule has 1 aliphatic carbocycles. The molecule has 1 atom stereocenters. The number of carbonyl (C=O) groups excluding carboxylic acids is 1. The van der Waals surface area contributed by atoms with Crippen LogP contribution in [0.15, 0.2) is 23.8 Å². The van der Waals surface area contributed by atoms with Crippen LogP contribution in [0.3, 0.4) is 0 Å². The quantitative estimate of drug-likeness (QED) is 0.379. The van der Waals surface area contributed by atoms with E-state index in [0.29, 0.717) is 17.6 Å². The molecule has 0 aromatic rings. The molecular formula is C22H38O. The van der Waals surface area contributed by atoms with Crippen molar-refractivity contribution in [3.63, 3.8) is 0 Å². The molecule has 132 valence electrons. The number of hydrogen-bond donors (Lipinski definition) is 0. The molecule has 0 bridgehead atoms. The summed E-state index contributed by atoms with van der Waals surface area (Å²) >= 11 is 0. The van der Waals surface area contributed by atoms with Gasteiger partial charge in [0.05, 0.1) is 5.41 Å². The van der Waals surface area contributed by atoms with Crippen LogP contribution in [-0.4, -0.2) is 5.78 Å². The molecule has 0 amide bonds. The zero-order valence-electron chi connectivity index (χ0n) is 16.2. The molecule has 23 heavy (non-hydrogen) atoms. The Kier molecular flexibility index (Phi) is 8.87. The molecule has 0 heterocycles. The number of allylic oxidation sites excluding steroid dienone is 4. The molecule has 0 aromatic carbocycles. The maximum absolute atomic E-state index is 13.0.